The summed E-state index contributed by atoms with van der Waals surface area (Å²) in [6, 6.07) is 7.47. The van der Waals surface area contributed by atoms with Gasteiger partial charge in [0.2, 0.25) is 11.1 Å². The van der Waals surface area contributed by atoms with Crippen LogP contribution >= 0.6 is 23.4 Å². The van der Waals surface area contributed by atoms with Gasteiger partial charge in [0.15, 0.2) is 0 Å². The lowest BCUT2D eigenvalue weighted by Crippen LogP contribution is -2.33. The summed E-state index contributed by atoms with van der Waals surface area (Å²) in [6.45, 7) is 2.02. The summed E-state index contributed by atoms with van der Waals surface area (Å²) in [5, 5.41) is 11.2. The van der Waals surface area contributed by atoms with Crippen molar-refractivity contribution in [2.45, 2.75) is 18.5 Å². The van der Waals surface area contributed by atoms with Gasteiger partial charge in [0, 0.05) is 11.6 Å². The fraction of sp³-hybridized carbons (Fsp3) is 0.286. The Morgan fingerprint density at radius 2 is 2.22 bits per heavy atom. The largest absolute Gasteiger partial charge is 0.355 e. The molecule has 3 N–H and O–H groups in total. The molecule has 0 saturated heterocycles. The van der Waals surface area contributed by atoms with Crippen molar-refractivity contribution in [1.29, 1.82) is 0 Å². The molecule has 1 heterocycles. The van der Waals surface area contributed by atoms with Crippen LogP contribution < -0.4 is 16.7 Å². The van der Waals surface area contributed by atoms with E-state index in [1.165, 1.54) is 6.92 Å². The Kier molecular flexibility index (Phi) is 6.00. The molecule has 2 rings (SSSR count). The van der Waals surface area contributed by atoms with E-state index in [4.69, 9.17) is 17.4 Å². The maximum atomic E-state index is 11.8. The number of nitrogens with one attached hydrogen (secondary N) is 1. The molecule has 1 aromatic heterocycles. The minimum atomic E-state index is -0.427. The number of nitrogen functional groups attached to an aromatic ring is 1. The number of aromatic nitrogens is 3. The zero-order valence-corrected chi connectivity index (χ0v) is 14.0. The second-order valence-electron chi connectivity index (χ2n) is 4.76. The van der Waals surface area contributed by atoms with Gasteiger partial charge in [-0.3, -0.25) is 9.59 Å². The van der Waals surface area contributed by atoms with Gasteiger partial charge in [0.1, 0.15) is 5.69 Å². The SMILES string of the molecule is Cc1nnc(SCC(=O)NCCc2cccc(Cl)c2)n(N)c1=O. The monoisotopic (exact) mass is 353 g/mol. The van der Waals surface area contributed by atoms with Crippen molar-refractivity contribution in [3.63, 3.8) is 0 Å². The highest BCUT2D eigenvalue weighted by Crippen LogP contribution is 2.11. The third-order valence-electron chi connectivity index (χ3n) is 2.98. The standard InChI is InChI=1S/C14H16ClN5O2S/c1-9-13(22)20(16)14(19-18-9)23-8-12(21)17-6-5-10-3-2-4-11(15)7-10/h2-4,7H,5-6,8,16H2,1H3,(H,17,21). The van der Waals surface area contributed by atoms with E-state index in [0.717, 1.165) is 22.0 Å². The number of amides is 1. The summed E-state index contributed by atoms with van der Waals surface area (Å²) < 4.78 is 0.895. The molecule has 0 spiro atoms. The summed E-state index contributed by atoms with van der Waals surface area (Å²) in [5.74, 6) is 5.52. The van der Waals surface area contributed by atoms with Gasteiger partial charge in [-0.1, -0.05) is 35.5 Å². The van der Waals surface area contributed by atoms with Gasteiger partial charge in [0.25, 0.3) is 5.56 Å². The molecule has 1 aromatic carbocycles. The molecule has 122 valence electrons. The van der Waals surface area contributed by atoms with E-state index in [1.807, 2.05) is 18.2 Å². The number of thioether (sulfide) groups is 1. The maximum absolute atomic E-state index is 11.8. The van der Waals surface area contributed by atoms with Crippen LogP contribution in [0.4, 0.5) is 0 Å². The summed E-state index contributed by atoms with van der Waals surface area (Å²) in [4.78, 5) is 23.4. The number of hydrogen-bond acceptors (Lipinski definition) is 6. The molecule has 2 aromatic rings. The average Bonchev–Trinajstić information content (AvgIpc) is 2.52. The van der Waals surface area contributed by atoms with Crippen LogP contribution in [0.2, 0.25) is 5.02 Å². The number of nitrogens with zero attached hydrogens (tertiary/aromatic N) is 3. The minimum absolute atomic E-state index is 0.101. The molecule has 0 fully saturated rings. The molecule has 0 unspecified atom stereocenters. The molecule has 0 aliphatic heterocycles. The van der Waals surface area contributed by atoms with E-state index in [2.05, 4.69) is 15.5 Å². The van der Waals surface area contributed by atoms with E-state index in [0.29, 0.717) is 18.0 Å². The van der Waals surface area contributed by atoms with E-state index in [1.54, 1.807) is 6.07 Å². The van der Waals surface area contributed by atoms with Crippen LogP contribution in [0.25, 0.3) is 0 Å². The Morgan fingerprint density at radius 1 is 1.43 bits per heavy atom. The fourth-order valence-electron chi connectivity index (χ4n) is 1.79. The lowest BCUT2D eigenvalue weighted by atomic mass is 10.1. The molecular weight excluding hydrogens is 338 g/mol. The molecule has 0 aliphatic carbocycles. The van der Waals surface area contributed by atoms with Crippen molar-refractivity contribution in [2.75, 3.05) is 18.1 Å². The molecule has 0 atom stereocenters. The van der Waals surface area contributed by atoms with E-state index in [-0.39, 0.29) is 22.5 Å². The lowest BCUT2D eigenvalue weighted by molar-refractivity contribution is -0.118. The Bertz CT molecular complexity index is 765. The van der Waals surface area contributed by atoms with Gasteiger partial charge < -0.3 is 11.2 Å². The number of rotatable bonds is 6. The smallest absolute Gasteiger partial charge is 0.294 e. The van der Waals surface area contributed by atoms with Crippen LogP contribution in [-0.4, -0.2) is 33.1 Å². The summed E-state index contributed by atoms with van der Waals surface area (Å²) in [5.41, 5.74) is 0.831. The zero-order valence-electron chi connectivity index (χ0n) is 12.5. The summed E-state index contributed by atoms with van der Waals surface area (Å²) in [6.07, 6.45) is 0.683. The average molecular weight is 354 g/mol. The second kappa shape index (κ2) is 7.98. The first kappa shape index (κ1) is 17.3. The van der Waals surface area contributed by atoms with Gasteiger partial charge in [-0.05, 0) is 31.0 Å². The molecule has 0 aliphatic rings. The number of carbonyl (C=O) groups is 1. The summed E-state index contributed by atoms with van der Waals surface area (Å²) >= 11 is 6.96. The molecule has 23 heavy (non-hydrogen) atoms. The van der Waals surface area contributed by atoms with Crippen LogP contribution in [0.1, 0.15) is 11.3 Å². The topological polar surface area (TPSA) is 103 Å². The van der Waals surface area contributed by atoms with Crippen LogP contribution in [0.5, 0.6) is 0 Å². The molecule has 0 bridgehead atoms. The number of halogens is 1. The highest BCUT2D eigenvalue weighted by atomic mass is 35.5. The van der Waals surface area contributed by atoms with Crippen molar-refractivity contribution in [2.24, 2.45) is 0 Å². The lowest BCUT2D eigenvalue weighted by Gasteiger charge is -2.07. The van der Waals surface area contributed by atoms with Crippen LogP contribution in [-0.2, 0) is 11.2 Å². The Hall–Kier alpha value is -2.06. The van der Waals surface area contributed by atoms with Crippen molar-refractivity contribution in [3.8, 4) is 0 Å². The highest BCUT2D eigenvalue weighted by molar-refractivity contribution is 7.99. The minimum Gasteiger partial charge on any atom is -0.355 e. The first-order valence-electron chi connectivity index (χ1n) is 6.82. The fourth-order valence-corrected chi connectivity index (χ4v) is 2.68. The predicted molar refractivity (Wildman–Crippen MR) is 90.1 cm³/mol. The molecule has 7 nitrogen and oxygen atoms in total. The van der Waals surface area contributed by atoms with Gasteiger partial charge in [-0.25, -0.2) is 0 Å². The quantitative estimate of drug-likeness (QED) is 0.587. The van der Waals surface area contributed by atoms with Gasteiger partial charge in [-0.2, -0.15) is 4.68 Å². The highest BCUT2D eigenvalue weighted by Gasteiger charge is 2.10. The normalized spacial score (nSPS) is 10.5. The van der Waals surface area contributed by atoms with Gasteiger partial charge in [-0.15, -0.1) is 10.2 Å². The number of aryl methyl sites for hydroxylation is 1. The molecule has 0 radical (unpaired) electrons. The molecule has 0 saturated carbocycles. The van der Waals surface area contributed by atoms with Gasteiger partial charge >= 0.3 is 0 Å². The first-order chi connectivity index (χ1) is 11.0. The number of carbonyl (C=O) groups excluding carboxylic acids is 1. The third-order valence-corrected chi connectivity index (χ3v) is 4.16. The number of benzene rings is 1. The van der Waals surface area contributed by atoms with Crippen LogP contribution in [0.15, 0.2) is 34.2 Å². The number of nitrogens with two attached hydrogens (primary N) is 1. The van der Waals surface area contributed by atoms with E-state index < -0.39 is 5.56 Å². The second-order valence-corrected chi connectivity index (χ2v) is 6.14. The van der Waals surface area contributed by atoms with Crippen molar-refractivity contribution >= 4 is 29.3 Å². The van der Waals surface area contributed by atoms with Crippen molar-refractivity contribution in [1.82, 2.24) is 20.2 Å². The first-order valence-corrected chi connectivity index (χ1v) is 8.19. The van der Waals surface area contributed by atoms with Crippen molar-refractivity contribution in [3.05, 3.63) is 50.9 Å². The molecule has 9 heteroatoms. The van der Waals surface area contributed by atoms with E-state index in [9.17, 15) is 9.59 Å². The van der Waals surface area contributed by atoms with Gasteiger partial charge in [0.05, 0.1) is 5.75 Å². The third kappa shape index (κ3) is 4.97. The Balaban J connectivity index is 1.79. The Labute approximate surface area is 142 Å². The zero-order chi connectivity index (χ0) is 16.8. The van der Waals surface area contributed by atoms with Crippen LogP contribution in [0, 0.1) is 6.92 Å². The van der Waals surface area contributed by atoms with Crippen molar-refractivity contribution < 1.29 is 4.79 Å². The molecule has 1 amide bonds. The summed E-state index contributed by atoms with van der Waals surface area (Å²) in [7, 11) is 0. The number of hydrogen-bond donors (Lipinski definition) is 2. The predicted octanol–water partition coefficient (Wildman–Crippen LogP) is 0.765. The van der Waals surface area contributed by atoms with E-state index >= 15 is 0 Å². The maximum Gasteiger partial charge on any atom is 0.294 e. The molecular formula is C14H16ClN5O2S. The van der Waals surface area contributed by atoms with Crippen LogP contribution in [0.3, 0.4) is 0 Å². The Morgan fingerprint density at radius 3 is 2.96 bits per heavy atom.